The second kappa shape index (κ2) is 7.62. The third-order valence-electron chi connectivity index (χ3n) is 5.14. The maximum atomic E-state index is 12.0. The van der Waals surface area contributed by atoms with Crippen molar-refractivity contribution in [1.82, 2.24) is 9.78 Å². The lowest BCUT2D eigenvalue weighted by atomic mass is 9.82. The molecule has 0 aliphatic carbocycles. The second-order valence-electron chi connectivity index (χ2n) is 7.10. The summed E-state index contributed by atoms with van der Waals surface area (Å²) in [5, 5.41) is 26.7. The molecule has 1 aromatic carbocycles. The Morgan fingerprint density at radius 2 is 2.34 bits per heavy atom. The van der Waals surface area contributed by atoms with Gasteiger partial charge in [-0.25, -0.2) is 0 Å². The van der Waals surface area contributed by atoms with Crippen LogP contribution < -0.4 is 15.7 Å². The molecule has 2 atom stereocenters. The Labute approximate surface area is 167 Å². The fourth-order valence-corrected chi connectivity index (χ4v) is 3.59. The van der Waals surface area contributed by atoms with Crippen molar-refractivity contribution in [3.8, 4) is 11.8 Å². The molecule has 148 valence electrons. The molecule has 1 aromatic heterocycles. The number of nitrogens with two attached hydrogens (primary N) is 1. The van der Waals surface area contributed by atoms with E-state index in [1.165, 1.54) is 0 Å². The number of nitrogens with zero attached hydrogens (tertiary/aromatic N) is 3. The van der Waals surface area contributed by atoms with Crippen LogP contribution in [0.15, 0.2) is 30.4 Å². The first kappa shape index (κ1) is 19.0. The van der Waals surface area contributed by atoms with E-state index in [1.807, 2.05) is 13.0 Å². The van der Waals surface area contributed by atoms with Crippen LogP contribution in [0.3, 0.4) is 0 Å². The smallest absolute Gasteiger partial charge is 0.532 e. The molecule has 29 heavy (non-hydrogen) atoms. The third-order valence-corrected chi connectivity index (χ3v) is 5.14. The van der Waals surface area contributed by atoms with Crippen molar-refractivity contribution in [2.45, 2.75) is 19.4 Å². The number of carbonyl (C=O) groups excluding carboxylic acids is 1. The first-order chi connectivity index (χ1) is 14.0. The summed E-state index contributed by atoms with van der Waals surface area (Å²) in [6.07, 6.45) is 2.16. The Morgan fingerprint density at radius 1 is 1.52 bits per heavy atom. The van der Waals surface area contributed by atoms with Crippen molar-refractivity contribution in [3.05, 3.63) is 41.5 Å². The molecule has 0 bridgehead atoms. The Balaban J connectivity index is 1.65. The van der Waals surface area contributed by atoms with Crippen LogP contribution >= 0.6 is 0 Å². The molecule has 4 N–H and O–H groups in total. The summed E-state index contributed by atoms with van der Waals surface area (Å²) in [4.78, 5) is 12.0. The average molecular weight is 393 g/mol. The molecule has 2 aliphatic rings. The van der Waals surface area contributed by atoms with E-state index in [0.29, 0.717) is 36.9 Å². The highest BCUT2D eigenvalue weighted by Gasteiger charge is 2.30. The van der Waals surface area contributed by atoms with E-state index in [4.69, 9.17) is 15.1 Å². The highest BCUT2D eigenvalue weighted by atomic mass is 16.5. The van der Waals surface area contributed by atoms with Crippen molar-refractivity contribution in [2.75, 3.05) is 18.5 Å². The topological polar surface area (TPSA) is 135 Å². The lowest BCUT2D eigenvalue weighted by Crippen LogP contribution is -2.29. The summed E-state index contributed by atoms with van der Waals surface area (Å²) in [6.45, 7) is 2.76. The maximum absolute atomic E-state index is 12.0. The molecule has 4 rings (SSSR count). The standard InChI is InChI=1S/C19H20BN5O4/c1-11-7-20(27)29-17-3-2-13(6-14(11)17)23-19-15(18(22)26)9-25(24-19)16-10-28-5-4-12(16)8-21/h2-3,6-7,9,12,16,27H,4-5,10H2,1H3,(H2,22,26)(H,23,24)/t12?,16-/m0/s1. The molecule has 1 amide bonds. The molecule has 0 spiro atoms. The van der Waals surface area contributed by atoms with Crippen LogP contribution in [0.25, 0.3) is 5.57 Å². The quantitative estimate of drug-likeness (QED) is 0.672. The number of fused-ring (bicyclic) bond motifs is 1. The number of rotatable bonds is 4. The Bertz CT molecular complexity index is 1030. The summed E-state index contributed by atoms with van der Waals surface area (Å²) in [5.74, 6) is 1.61. The van der Waals surface area contributed by atoms with Gasteiger partial charge in [0.25, 0.3) is 5.91 Å². The van der Waals surface area contributed by atoms with Crippen molar-refractivity contribution < 1.29 is 19.2 Å². The Morgan fingerprint density at radius 3 is 3.10 bits per heavy atom. The number of benzene rings is 1. The van der Waals surface area contributed by atoms with Gasteiger partial charge in [-0.3, -0.25) is 9.48 Å². The predicted octanol–water partition coefficient (Wildman–Crippen LogP) is 1.64. The van der Waals surface area contributed by atoms with Gasteiger partial charge in [0.1, 0.15) is 11.3 Å². The van der Waals surface area contributed by atoms with Gasteiger partial charge in [0.05, 0.1) is 24.6 Å². The fourth-order valence-electron chi connectivity index (χ4n) is 3.59. The number of hydrogen-bond acceptors (Lipinski definition) is 7. The van der Waals surface area contributed by atoms with Crippen LogP contribution in [-0.4, -0.2) is 41.0 Å². The number of carbonyl (C=O) groups is 1. The van der Waals surface area contributed by atoms with Gasteiger partial charge in [-0.05, 0) is 43.1 Å². The highest BCUT2D eigenvalue weighted by molar-refractivity contribution is 6.52. The van der Waals surface area contributed by atoms with E-state index in [1.54, 1.807) is 29.0 Å². The molecule has 2 aromatic rings. The predicted molar refractivity (Wildman–Crippen MR) is 106 cm³/mol. The van der Waals surface area contributed by atoms with Crippen molar-refractivity contribution in [1.29, 1.82) is 5.26 Å². The van der Waals surface area contributed by atoms with Crippen molar-refractivity contribution in [3.63, 3.8) is 0 Å². The summed E-state index contributed by atoms with van der Waals surface area (Å²) in [5.41, 5.74) is 8.15. The van der Waals surface area contributed by atoms with E-state index in [-0.39, 0.29) is 17.5 Å². The lowest BCUT2D eigenvalue weighted by Gasteiger charge is -2.26. The second-order valence-corrected chi connectivity index (χ2v) is 7.10. The SMILES string of the molecule is CC1=CB(O)Oc2ccc(Nc3nn([C@H]4COCCC4C#N)cc3C(N)=O)cc21. The van der Waals surface area contributed by atoms with E-state index >= 15 is 0 Å². The third kappa shape index (κ3) is 3.70. The molecule has 0 radical (unpaired) electrons. The minimum absolute atomic E-state index is 0.226. The molecule has 0 saturated carbocycles. The zero-order valence-corrected chi connectivity index (χ0v) is 15.8. The van der Waals surface area contributed by atoms with Gasteiger partial charge in [0.15, 0.2) is 5.82 Å². The van der Waals surface area contributed by atoms with E-state index < -0.39 is 13.0 Å². The lowest BCUT2D eigenvalue weighted by molar-refractivity contribution is 0.0342. The summed E-state index contributed by atoms with van der Waals surface area (Å²) >= 11 is 0. The van der Waals surface area contributed by atoms with Crippen LogP contribution in [-0.2, 0) is 4.74 Å². The molecule has 1 fully saturated rings. The first-order valence-corrected chi connectivity index (χ1v) is 9.27. The number of hydrogen-bond donors (Lipinski definition) is 3. The van der Waals surface area contributed by atoms with Gasteiger partial charge in [-0.2, -0.15) is 10.4 Å². The van der Waals surface area contributed by atoms with E-state index in [0.717, 1.165) is 11.1 Å². The summed E-state index contributed by atoms with van der Waals surface area (Å²) < 4.78 is 12.5. The number of nitriles is 1. The highest BCUT2D eigenvalue weighted by Crippen LogP contribution is 2.34. The van der Waals surface area contributed by atoms with Gasteiger partial charge in [-0.1, -0.05) is 0 Å². The minimum Gasteiger partial charge on any atom is -0.532 e. The number of aromatic nitrogens is 2. The first-order valence-electron chi connectivity index (χ1n) is 9.27. The summed E-state index contributed by atoms with van der Waals surface area (Å²) in [6, 6.07) is 7.34. The Hall–Kier alpha value is -3.29. The fraction of sp³-hybridized carbons (Fsp3) is 0.316. The van der Waals surface area contributed by atoms with E-state index in [9.17, 15) is 15.1 Å². The number of allylic oxidation sites excluding steroid dienone is 1. The van der Waals surface area contributed by atoms with Crippen molar-refractivity contribution >= 4 is 30.1 Å². The van der Waals surface area contributed by atoms with Gasteiger partial charge >= 0.3 is 7.12 Å². The molecule has 10 heteroatoms. The maximum Gasteiger partial charge on any atom is 0.552 e. The number of nitrogens with one attached hydrogen (secondary N) is 1. The minimum atomic E-state index is -0.968. The van der Waals surface area contributed by atoms with Crippen LogP contribution in [0.2, 0.25) is 0 Å². The molecule has 1 saturated heterocycles. The van der Waals surface area contributed by atoms with Gasteiger partial charge < -0.3 is 25.5 Å². The van der Waals surface area contributed by atoms with Crippen LogP contribution in [0, 0.1) is 17.2 Å². The molecule has 3 heterocycles. The molecule has 2 aliphatic heterocycles. The van der Waals surface area contributed by atoms with Crippen molar-refractivity contribution in [2.24, 2.45) is 11.7 Å². The molecule has 1 unspecified atom stereocenters. The number of anilines is 2. The normalized spacial score (nSPS) is 20.9. The number of ether oxygens (including phenoxy) is 1. The number of primary amides is 1. The van der Waals surface area contributed by atoms with Gasteiger partial charge in [-0.15, -0.1) is 0 Å². The molecular formula is C19H20BN5O4. The zero-order valence-electron chi connectivity index (χ0n) is 15.8. The van der Waals surface area contributed by atoms with E-state index in [2.05, 4.69) is 16.5 Å². The largest absolute Gasteiger partial charge is 0.552 e. The van der Waals surface area contributed by atoms with Crippen LogP contribution in [0.4, 0.5) is 11.5 Å². The van der Waals surface area contributed by atoms with Gasteiger partial charge in [0.2, 0.25) is 0 Å². The van der Waals surface area contributed by atoms with Crippen LogP contribution in [0.5, 0.6) is 5.75 Å². The monoisotopic (exact) mass is 393 g/mol. The summed E-state index contributed by atoms with van der Waals surface area (Å²) in [7, 11) is -0.968. The number of amides is 1. The molecule has 9 nitrogen and oxygen atoms in total. The van der Waals surface area contributed by atoms with Crippen LogP contribution in [0.1, 0.15) is 35.3 Å². The molecular weight excluding hydrogens is 373 g/mol. The Kier molecular flexibility index (Phi) is 5.00. The average Bonchev–Trinajstić information content (AvgIpc) is 3.12. The zero-order chi connectivity index (χ0) is 20.5. The van der Waals surface area contributed by atoms with Gasteiger partial charge in [0, 0.05) is 24.1 Å².